The first-order chi connectivity index (χ1) is 14.1. The van der Waals surface area contributed by atoms with E-state index in [-0.39, 0.29) is 11.7 Å². The van der Waals surface area contributed by atoms with Crippen molar-refractivity contribution in [3.8, 4) is 5.75 Å². The zero-order valence-electron chi connectivity index (χ0n) is 16.8. The van der Waals surface area contributed by atoms with Gasteiger partial charge in [-0.25, -0.2) is 4.39 Å². The van der Waals surface area contributed by atoms with Gasteiger partial charge >= 0.3 is 0 Å². The number of methoxy groups -OCH3 is 1. The van der Waals surface area contributed by atoms with Gasteiger partial charge < -0.3 is 14.6 Å². The Morgan fingerprint density at radius 1 is 1.14 bits per heavy atom. The number of anilines is 1. The van der Waals surface area contributed by atoms with Crippen molar-refractivity contribution in [2.45, 2.75) is 39.2 Å². The minimum atomic E-state index is -0.323. The fraction of sp³-hybridized carbons (Fsp3) is 0.292. The molecule has 0 aliphatic heterocycles. The van der Waals surface area contributed by atoms with Crippen molar-refractivity contribution >= 4 is 11.6 Å². The molecule has 4 rings (SSSR count). The van der Waals surface area contributed by atoms with Gasteiger partial charge in [-0.15, -0.1) is 0 Å². The minimum Gasteiger partial charge on any atom is -0.497 e. The summed E-state index contributed by atoms with van der Waals surface area (Å²) in [5.74, 6) is 0.319. The van der Waals surface area contributed by atoms with Crippen LogP contribution in [0.2, 0.25) is 0 Å². The van der Waals surface area contributed by atoms with Crippen molar-refractivity contribution in [2.24, 2.45) is 0 Å². The summed E-state index contributed by atoms with van der Waals surface area (Å²) >= 11 is 0. The number of carbonyl (C=O) groups excluding carboxylic acids is 1. The Morgan fingerprint density at radius 2 is 1.90 bits per heavy atom. The quantitative estimate of drug-likeness (QED) is 0.655. The van der Waals surface area contributed by atoms with Crippen LogP contribution in [0.3, 0.4) is 0 Å². The van der Waals surface area contributed by atoms with E-state index in [2.05, 4.69) is 16.0 Å². The molecule has 1 aliphatic rings. The van der Waals surface area contributed by atoms with Crippen LogP contribution in [0.25, 0.3) is 0 Å². The zero-order chi connectivity index (χ0) is 20.4. The van der Waals surface area contributed by atoms with E-state index in [1.807, 2.05) is 25.1 Å². The Bertz CT molecular complexity index is 1040. The highest BCUT2D eigenvalue weighted by molar-refractivity contribution is 6.04. The molecule has 0 fully saturated rings. The Labute approximate surface area is 170 Å². The standard InChI is InChI=1S/C24H25FN2O2/c1-16-21-8-3-4-9-22(21)27(15-17-6-5-7-20(14-17)29-2)23(16)24(28)26-19-12-10-18(25)11-13-19/h5-7,10-14H,3-4,8-9,15H2,1-2H3,(H,26,28). The van der Waals surface area contributed by atoms with Crippen molar-refractivity contribution < 1.29 is 13.9 Å². The summed E-state index contributed by atoms with van der Waals surface area (Å²) in [4.78, 5) is 13.2. The maximum atomic E-state index is 13.2. The largest absolute Gasteiger partial charge is 0.497 e. The molecular formula is C24H25FN2O2. The van der Waals surface area contributed by atoms with Crippen LogP contribution in [0.1, 0.15) is 45.7 Å². The maximum Gasteiger partial charge on any atom is 0.272 e. The van der Waals surface area contributed by atoms with Gasteiger partial charge in [-0.05, 0) is 85.7 Å². The number of rotatable bonds is 5. The lowest BCUT2D eigenvalue weighted by Crippen LogP contribution is -2.20. The molecule has 1 heterocycles. The molecule has 1 amide bonds. The van der Waals surface area contributed by atoms with Crippen molar-refractivity contribution in [3.05, 3.63) is 82.4 Å². The van der Waals surface area contributed by atoms with Gasteiger partial charge in [-0.2, -0.15) is 0 Å². The zero-order valence-corrected chi connectivity index (χ0v) is 16.8. The van der Waals surface area contributed by atoms with Gasteiger partial charge in [0, 0.05) is 17.9 Å². The normalized spacial score (nSPS) is 13.1. The average molecular weight is 392 g/mol. The van der Waals surface area contributed by atoms with E-state index >= 15 is 0 Å². The number of aromatic nitrogens is 1. The van der Waals surface area contributed by atoms with Crippen molar-refractivity contribution in [1.82, 2.24) is 4.57 Å². The summed E-state index contributed by atoms with van der Waals surface area (Å²) in [5.41, 5.74) is 5.95. The molecule has 1 N–H and O–H groups in total. The number of nitrogens with one attached hydrogen (secondary N) is 1. The molecule has 0 radical (unpaired) electrons. The van der Waals surface area contributed by atoms with Gasteiger partial charge in [-0.1, -0.05) is 12.1 Å². The van der Waals surface area contributed by atoms with Crippen molar-refractivity contribution in [3.63, 3.8) is 0 Å². The number of ether oxygens (including phenoxy) is 1. The van der Waals surface area contributed by atoms with Gasteiger partial charge in [0.1, 0.15) is 17.3 Å². The van der Waals surface area contributed by atoms with E-state index in [1.165, 1.54) is 23.4 Å². The molecule has 29 heavy (non-hydrogen) atoms. The second kappa shape index (κ2) is 8.11. The summed E-state index contributed by atoms with van der Waals surface area (Å²) in [5, 5.41) is 2.93. The number of hydrogen-bond acceptors (Lipinski definition) is 2. The van der Waals surface area contributed by atoms with Crippen LogP contribution < -0.4 is 10.1 Å². The topological polar surface area (TPSA) is 43.3 Å². The lowest BCUT2D eigenvalue weighted by Gasteiger charge is -2.17. The van der Waals surface area contributed by atoms with Gasteiger partial charge in [0.15, 0.2) is 0 Å². The Hall–Kier alpha value is -3.08. The van der Waals surface area contributed by atoms with Crippen LogP contribution in [0.5, 0.6) is 5.75 Å². The van der Waals surface area contributed by atoms with Crippen LogP contribution in [0.4, 0.5) is 10.1 Å². The summed E-state index contributed by atoms with van der Waals surface area (Å²) in [7, 11) is 1.66. The Kier molecular flexibility index (Phi) is 5.38. The summed E-state index contributed by atoms with van der Waals surface area (Å²) in [6, 6.07) is 13.8. The number of nitrogens with zero attached hydrogens (tertiary/aromatic N) is 1. The first-order valence-corrected chi connectivity index (χ1v) is 9.97. The highest BCUT2D eigenvalue weighted by atomic mass is 19.1. The van der Waals surface area contributed by atoms with E-state index in [1.54, 1.807) is 19.2 Å². The molecule has 4 nitrogen and oxygen atoms in total. The molecule has 1 aliphatic carbocycles. The SMILES string of the molecule is COc1cccc(Cn2c3c(c(C)c2C(=O)Nc2ccc(F)cc2)CCCC3)c1. The van der Waals surface area contributed by atoms with Gasteiger partial charge in [-0.3, -0.25) is 4.79 Å². The molecule has 0 unspecified atom stereocenters. The smallest absolute Gasteiger partial charge is 0.272 e. The average Bonchev–Trinajstić information content (AvgIpc) is 3.02. The third-order valence-corrected chi connectivity index (χ3v) is 5.63. The number of halogens is 1. The molecule has 3 aromatic rings. The summed E-state index contributed by atoms with van der Waals surface area (Å²) < 4.78 is 20.7. The molecule has 0 spiro atoms. The first kappa shape index (κ1) is 19.2. The van der Waals surface area contributed by atoms with E-state index in [0.717, 1.165) is 42.6 Å². The van der Waals surface area contributed by atoms with E-state index in [4.69, 9.17) is 4.74 Å². The van der Waals surface area contributed by atoms with Gasteiger partial charge in [0.2, 0.25) is 0 Å². The maximum absolute atomic E-state index is 13.2. The molecule has 0 saturated carbocycles. The third-order valence-electron chi connectivity index (χ3n) is 5.63. The van der Waals surface area contributed by atoms with Crippen LogP contribution in [-0.2, 0) is 19.4 Å². The molecule has 0 bridgehead atoms. The number of carbonyl (C=O) groups is 1. The van der Waals surface area contributed by atoms with Crippen LogP contribution in [0, 0.1) is 12.7 Å². The highest BCUT2D eigenvalue weighted by Crippen LogP contribution is 2.31. The number of fused-ring (bicyclic) bond motifs is 1. The number of benzene rings is 2. The van der Waals surface area contributed by atoms with E-state index < -0.39 is 0 Å². The fourth-order valence-electron chi connectivity index (χ4n) is 4.22. The fourth-order valence-corrected chi connectivity index (χ4v) is 4.22. The van der Waals surface area contributed by atoms with E-state index in [0.29, 0.717) is 17.9 Å². The number of hydrogen-bond donors (Lipinski definition) is 1. The lowest BCUT2D eigenvalue weighted by molar-refractivity contribution is 0.101. The van der Waals surface area contributed by atoms with Gasteiger partial charge in [0.05, 0.1) is 7.11 Å². The second-order valence-corrected chi connectivity index (χ2v) is 7.50. The molecular weight excluding hydrogens is 367 g/mol. The van der Waals surface area contributed by atoms with E-state index in [9.17, 15) is 9.18 Å². The van der Waals surface area contributed by atoms with Crippen molar-refractivity contribution in [1.29, 1.82) is 0 Å². The molecule has 5 heteroatoms. The van der Waals surface area contributed by atoms with Crippen LogP contribution >= 0.6 is 0 Å². The molecule has 2 aromatic carbocycles. The highest BCUT2D eigenvalue weighted by Gasteiger charge is 2.26. The predicted octanol–water partition coefficient (Wildman–Crippen LogP) is 5.12. The van der Waals surface area contributed by atoms with Crippen LogP contribution in [-0.4, -0.2) is 17.6 Å². The lowest BCUT2D eigenvalue weighted by atomic mass is 9.95. The summed E-state index contributed by atoms with van der Waals surface area (Å²) in [6.45, 7) is 2.64. The van der Waals surface area contributed by atoms with Crippen LogP contribution in [0.15, 0.2) is 48.5 Å². The summed E-state index contributed by atoms with van der Waals surface area (Å²) in [6.07, 6.45) is 4.26. The molecule has 150 valence electrons. The van der Waals surface area contributed by atoms with Gasteiger partial charge in [0.25, 0.3) is 5.91 Å². The molecule has 0 atom stereocenters. The number of amides is 1. The Balaban J connectivity index is 1.72. The monoisotopic (exact) mass is 392 g/mol. The predicted molar refractivity (Wildman–Crippen MR) is 112 cm³/mol. The minimum absolute atomic E-state index is 0.161. The Morgan fingerprint density at radius 3 is 2.66 bits per heavy atom. The molecule has 0 saturated heterocycles. The van der Waals surface area contributed by atoms with Crippen molar-refractivity contribution in [2.75, 3.05) is 12.4 Å². The second-order valence-electron chi connectivity index (χ2n) is 7.50. The first-order valence-electron chi connectivity index (χ1n) is 9.97. The third kappa shape index (κ3) is 3.90. The molecule has 1 aromatic heterocycles.